The van der Waals surface area contributed by atoms with Crippen LogP contribution in [0.4, 0.5) is 0 Å². The molecule has 0 saturated carbocycles. The molecule has 0 bridgehead atoms. The molecule has 3 N–H and O–H groups in total. The van der Waals surface area contributed by atoms with E-state index in [1.807, 2.05) is 111 Å². The van der Waals surface area contributed by atoms with Crippen LogP contribution in [0.5, 0.6) is 0 Å². The molecule has 2 aliphatic rings. The fourth-order valence-electron chi connectivity index (χ4n) is 8.52. The molecule has 2 saturated heterocycles. The fraction of sp³-hybridized carbons (Fsp3) is 0.431. The minimum Gasteiger partial charge on any atom is -0.463 e. The maximum absolute atomic E-state index is 12.3. The normalized spacial score (nSPS) is 24.7. The van der Waals surface area contributed by atoms with Crippen LogP contribution in [0, 0.1) is 0 Å². The number of likely N-dealkylation sites (N-methyl/N-ethyl adjacent to an activating group) is 1. The second kappa shape index (κ2) is 23.9. The van der Waals surface area contributed by atoms with Crippen molar-refractivity contribution in [3.8, 4) is 0 Å². The number of aliphatic hydroxyl groups is 2. The Hall–Kier alpha value is -5.59. The summed E-state index contributed by atoms with van der Waals surface area (Å²) in [5.41, 5.74) is 5.21. The molecule has 4 aromatic rings. The lowest BCUT2D eigenvalue weighted by Crippen LogP contribution is -2.62. The van der Waals surface area contributed by atoms with Gasteiger partial charge in [0, 0.05) is 64.7 Å². The summed E-state index contributed by atoms with van der Waals surface area (Å²) in [5.74, 6) is -2.99. The van der Waals surface area contributed by atoms with E-state index in [-0.39, 0.29) is 31.6 Å². The maximum Gasteiger partial charge on any atom is 0.303 e. The Morgan fingerprint density at radius 1 is 0.672 bits per heavy atom. The van der Waals surface area contributed by atoms with Crippen LogP contribution < -0.4 is 5.32 Å². The van der Waals surface area contributed by atoms with Crippen molar-refractivity contribution in [2.75, 3.05) is 20.2 Å². The van der Waals surface area contributed by atoms with Gasteiger partial charge in [-0.15, -0.1) is 0 Å². The summed E-state index contributed by atoms with van der Waals surface area (Å²) in [7, 11) is 1.99. The van der Waals surface area contributed by atoms with Crippen LogP contribution in [0.3, 0.4) is 0 Å². The number of ether oxygens (including phenoxy) is 7. The lowest BCUT2D eigenvalue weighted by Gasteiger charge is -2.45. The molecule has 0 aromatic heterocycles. The highest BCUT2D eigenvalue weighted by atomic mass is 32.1. The second-order valence-electron chi connectivity index (χ2n) is 16.9. The first-order valence-corrected chi connectivity index (χ1v) is 22.7. The summed E-state index contributed by atoms with van der Waals surface area (Å²) in [6.45, 7) is 7.06. The van der Waals surface area contributed by atoms with Crippen molar-refractivity contribution >= 4 is 41.1 Å². The van der Waals surface area contributed by atoms with E-state index in [1.54, 1.807) is 0 Å². The van der Waals surface area contributed by atoms with Crippen LogP contribution in [0.1, 0.15) is 98.8 Å². The number of rotatable bonds is 18. The average molecular weight is 941 g/mol. The SMILES string of the molecule is CC(=O)OCC1OC(CC(=S)NCc2ccc(C3OC(CN(C)C(C)C(O)c4ccccc4)C(c4ccccc4)C(c4ccc(CO)cc4)O3)cc2)C(OC(C)=O)C(OC(C)=O)C1OC(C)=O. The number of thiocarbonyl (C=S) groups is 1. The molecule has 0 amide bonds. The first kappa shape index (κ1) is 50.8. The molecule has 6 rings (SSSR count). The lowest BCUT2D eigenvalue weighted by atomic mass is 9.83. The largest absolute Gasteiger partial charge is 0.463 e. The maximum atomic E-state index is 12.3. The Morgan fingerprint density at radius 2 is 1.22 bits per heavy atom. The number of esters is 4. The molecule has 11 unspecified atom stereocenters. The van der Waals surface area contributed by atoms with Crippen molar-refractivity contribution in [3.05, 3.63) is 143 Å². The smallest absolute Gasteiger partial charge is 0.303 e. The second-order valence-corrected chi connectivity index (χ2v) is 17.4. The Morgan fingerprint density at radius 3 is 1.81 bits per heavy atom. The molecule has 16 heteroatoms. The molecule has 0 aliphatic carbocycles. The van der Waals surface area contributed by atoms with Crippen molar-refractivity contribution in [2.24, 2.45) is 0 Å². The molecule has 358 valence electrons. The third-order valence-corrected chi connectivity index (χ3v) is 12.3. The summed E-state index contributed by atoms with van der Waals surface area (Å²) in [6, 6.07) is 34.9. The fourth-order valence-corrected chi connectivity index (χ4v) is 8.75. The van der Waals surface area contributed by atoms with Crippen molar-refractivity contribution in [1.82, 2.24) is 10.2 Å². The first-order chi connectivity index (χ1) is 32.1. The van der Waals surface area contributed by atoms with Crippen molar-refractivity contribution in [3.63, 3.8) is 0 Å². The van der Waals surface area contributed by atoms with E-state index in [0.29, 0.717) is 18.1 Å². The highest BCUT2D eigenvalue weighted by Crippen LogP contribution is 2.47. The molecule has 67 heavy (non-hydrogen) atoms. The number of hydrogen-bond acceptors (Lipinski definition) is 15. The van der Waals surface area contributed by atoms with Gasteiger partial charge in [0.15, 0.2) is 24.6 Å². The van der Waals surface area contributed by atoms with E-state index in [4.69, 9.17) is 45.4 Å². The molecular weight excluding hydrogens is 881 g/mol. The summed E-state index contributed by atoms with van der Waals surface area (Å²) < 4.78 is 42.0. The van der Waals surface area contributed by atoms with E-state index in [2.05, 4.69) is 22.3 Å². The van der Waals surface area contributed by atoms with Crippen molar-refractivity contribution in [2.45, 2.75) is 121 Å². The first-order valence-electron chi connectivity index (χ1n) is 22.3. The highest BCUT2D eigenvalue weighted by molar-refractivity contribution is 7.80. The standard InChI is InChI=1S/C51H60N2O13S/c1-30(46(59)38-15-11-8-12-16-38)53(6)27-42-45(37-13-9-7-10-14-37)47(39-21-19-36(28-54)20-22-39)66-51(65-42)40-23-17-35(18-24-40)26-52-44(67)25-41-48(61-32(3)56)50(63-34(5)58)49(62-33(4)57)43(64-41)29-60-31(2)55/h7-24,30,41-43,45-51,54,59H,25-29H2,1-6H3,(H,52,67). The summed E-state index contributed by atoms with van der Waals surface area (Å²) in [5, 5.41) is 24.5. The van der Waals surface area contributed by atoms with Crippen LogP contribution >= 0.6 is 12.2 Å². The number of carbonyl (C=O) groups excluding carboxylic acids is 4. The van der Waals surface area contributed by atoms with Gasteiger partial charge in [-0.25, -0.2) is 0 Å². The average Bonchev–Trinajstić information content (AvgIpc) is 3.31. The zero-order chi connectivity index (χ0) is 48.2. The molecule has 15 nitrogen and oxygen atoms in total. The predicted octanol–water partition coefficient (Wildman–Crippen LogP) is 6.10. The van der Waals surface area contributed by atoms with E-state index in [9.17, 15) is 29.4 Å². The summed E-state index contributed by atoms with van der Waals surface area (Å²) in [6.07, 6.45) is -8.23. The van der Waals surface area contributed by atoms with Crippen LogP contribution in [-0.2, 0) is 65.5 Å². The molecule has 2 fully saturated rings. The van der Waals surface area contributed by atoms with Gasteiger partial charge in [0.1, 0.15) is 18.8 Å². The third kappa shape index (κ3) is 13.8. The molecule has 0 spiro atoms. The topological polar surface area (TPSA) is 189 Å². The van der Waals surface area contributed by atoms with Gasteiger partial charge in [0.25, 0.3) is 0 Å². The number of carbonyl (C=O) groups is 4. The minimum atomic E-state index is -1.30. The Kier molecular flexibility index (Phi) is 18.1. The van der Waals surface area contributed by atoms with Crippen molar-refractivity contribution in [1.29, 1.82) is 0 Å². The summed E-state index contributed by atoms with van der Waals surface area (Å²) >= 11 is 5.75. The van der Waals surface area contributed by atoms with Crippen LogP contribution in [0.15, 0.2) is 109 Å². The van der Waals surface area contributed by atoms with E-state index in [0.717, 1.165) is 40.3 Å². The van der Waals surface area contributed by atoms with Crippen LogP contribution in [0.25, 0.3) is 0 Å². The number of nitrogens with one attached hydrogen (secondary N) is 1. The molecule has 0 radical (unpaired) electrons. The number of aliphatic hydroxyl groups excluding tert-OH is 2. The van der Waals surface area contributed by atoms with Gasteiger partial charge in [-0.1, -0.05) is 121 Å². The Labute approximate surface area is 396 Å². The molecule has 11 atom stereocenters. The highest BCUT2D eigenvalue weighted by Gasteiger charge is 2.52. The molecule has 2 heterocycles. The monoisotopic (exact) mass is 940 g/mol. The zero-order valence-corrected chi connectivity index (χ0v) is 39.3. The Balaban J connectivity index is 1.21. The van der Waals surface area contributed by atoms with Gasteiger partial charge in [-0.2, -0.15) is 0 Å². The van der Waals surface area contributed by atoms with E-state index in [1.165, 1.54) is 20.8 Å². The van der Waals surface area contributed by atoms with Gasteiger partial charge in [-0.05, 0) is 41.8 Å². The van der Waals surface area contributed by atoms with E-state index < -0.39 is 79.0 Å². The minimum absolute atomic E-state index is 0.00364. The molecule has 4 aromatic carbocycles. The Bertz CT molecular complexity index is 2270. The molecular formula is C51H60N2O13S. The van der Waals surface area contributed by atoms with Gasteiger partial charge >= 0.3 is 23.9 Å². The zero-order valence-electron chi connectivity index (χ0n) is 38.5. The van der Waals surface area contributed by atoms with Crippen LogP contribution in [-0.4, -0.2) is 107 Å². The lowest BCUT2D eigenvalue weighted by molar-refractivity contribution is -0.264. The number of benzene rings is 4. The van der Waals surface area contributed by atoms with Gasteiger partial charge in [0.05, 0.1) is 29.9 Å². The van der Waals surface area contributed by atoms with Crippen molar-refractivity contribution < 1.29 is 62.5 Å². The number of hydrogen-bond donors (Lipinski definition) is 3. The van der Waals surface area contributed by atoms with Gasteiger partial charge in [0.2, 0.25) is 0 Å². The predicted molar refractivity (Wildman–Crippen MR) is 249 cm³/mol. The quantitative estimate of drug-likeness (QED) is 0.0589. The van der Waals surface area contributed by atoms with Gasteiger partial charge in [-0.3, -0.25) is 24.1 Å². The van der Waals surface area contributed by atoms with E-state index >= 15 is 0 Å². The summed E-state index contributed by atoms with van der Waals surface area (Å²) in [4.78, 5) is 51.0. The number of nitrogens with zero attached hydrogens (tertiary/aromatic N) is 1. The van der Waals surface area contributed by atoms with Gasteiger partial charge < -0.3 is 48.7 Å². The molecule has 2 aliphatic heterocycles. The third-order valence-electron chi connectivity index (χ3n) is 11.9. The van der Waals surface area contributed by atoms with Crippen LogP contribution in [0.2, 0.25) is 0 Å².